The molecule has 0 unspecified atom stereocenters. The van der Waals surface area contributed by atoms with Crippen molar-refractivity contribution in [3.63, 3.8) is 0 Å². The minimum absolute atomic E-state index is 0.103. The van der Waals surface area contributed by atoms with E-state index in [0.717, 1.165) is 30.6 Å². The van der Waals surface area contributed by atoms with Crippen LogP contribution in [0, 0.1) is 5.82 Å². The molecule has 1 aromatic heterocycles. The fourth-order valence-corrected chi connectivity index (χ4v) is 3.81. The third-order valence-electron chi connectivity index (χ3n) is 4.41. The molecule has 0 saturated carbocycles. The number of methoxy groups -OCH3 is 1. The molecule has 0 aliphatic carbocycles. The second kappa shape index (κ2) is 8.85. The van der Waals surface area contributed by atoms with E-state index >= 15 is 0 Å². The molecule has 0 fully saturated rings. The van der Waals surface area contributed by atoms with Crippen molar-refractivity contribution < 1.29 is 45.1 Å². The fraction of sp³-hybridized carbons (Fsp3) is 0.143. The first-order valence-corrected chi connectivity index (χ1v) is 9.76. The maximum Gasteiger partial charge on any atom is 0.416 e. The number of carbonyl (C=O) groups excluding carboxylic acids is 2. The van der Waals surface area contributed by atoms with E-state index in [0.29, 0.717) is 5.56 Å². The van der Waals surface area contributed by atoms with E-state index in [-0.39, 0.29) is 34.3 Å². The number of ether oxygens (including phenoxy) is 1. The Morgan fingerprint density at radius 2 is 1.45 bits per heavy atom. The van der Waals surface area contributed by atoms with E-state index in [1.807, 2.05) is 0 Å². The highest BCUT2D eigenvalue weighted by molar-refractivity contribution is 7.15. The molecule has 2 aromatic carbocycles. The van der Waals surface area contributed by atoms with E-state index < -0.39 is 46.7 Å². The predicted molar refractivity (Wildman–Crippen MR) is 105 cm³/mol. The van der Waals surface area contributed by atoms with Crippen molar-refractivity contribution in [1.82, 2.24) is 0 Å². The van der Waals surface area contributed by atoms with E-state index in [1.165, 1.54) is 17.5 Å². The van der Waals surface area contributed by atoms with E-state index in [4.69, 9.17) is 0 Å². The van der Waals surface area contributed by atoms with Crippen LogP contribution in [0.25, 0.3) is 11.1 Å². The quantitative estimate of drug-likeness (QED) is 0.329. The Bertz CT molecular complexity index is 1170. The Kier molecular flexibility index (Phi) is 6.50. The van der Waals surface area contributed by atoms with Gasteiger partial charge in [0.1, 0.15) is 16.4 Å². The lowest BCUT2D eigenvalue weighted by Gasteiger charge is -2.14. The molecule has 33 heavy (non-hydrogen) atoms. The molecule has 12 heteroatoms. The van der Waals surface area contributed by atoms with Crippen molar-refractivity contribution >= 4 is 28.2 Å². The lowest BCUT2D eigenvalue weighted by Crippen LogP contribution is -2.18. The van der Waals surface area contributed by atoms with Crippen molar-refractivity contribution in [2.24, 2.45) is 0 Å². The van der Waals surface area contributed by atoms with Gasteiger partial charge in [-0.2, -0.15) is 26.3 Å². The summed E-state index contributed by atoms with van der Waals surface area (Å²) < 4.78 is 96.4. The van der Waals surface area contributed by atoms with Gasteiger partial charge in [-0.1, -0.05) is 12.1 Å². The number of esters is 1. The number of carbonyl (C=O) groups is 2. The Hall–Kier alpha value is -3.41. The molecule has 1 amide bonds. The first-order chi connectivity index (χ1) is 15.3. The van der Waals surface area contributed by atoms with Crippen LogP contribution in [0.2, 0.25) is 0 Å². The average Bonchev–Trinajstić information content (AvgIpc) is 3.15. The lowest BCUT2D eigenvalue weighted by atomic mass is 10.0. The molecule has 1 heterocycles. The summed E-state index contributed by atoms with van der Waals surface area (Å²) in [4.78, 5) is 24.9. The van der Waals surface area contributed by atoms with Crippen LogP contribution in [-0.4, -0.2) is 19.0 Å². The van der Waals surface area contributed by atoms with Crippen LogP contribution >= 0.6 is 11.3 Å². The zero-order valence-electron chi connectivity index (χ0n) is 16.4. The number of hydrogen-bond donors (Lipinski definition) is 1. The van der Waals surface area contributed by atoms with E-state index in [9.17, 15) is 40.3 Å². The van der Waals surface area contributed by atoms with Gasteiger partial charge in [0.15, 0.2) is 0 Å². The summed E-state index contributed by atoms with van der Waals surface area (Å²) in [5.74, 6) is -2.78. The number of thiophene rings is 1. The first kappa shape index (κ1) is 24.2. The van der Waals surface area contributed by atoms with Crippen molar-refractivity contribution in [2.45, 2.75) is 12.4 Å². The standard InChI is InChI=1S/C21H12F7NO3S/c1-32-19(31)16-15(10-2-4-14(22)5-3-10)9-33-18(16)29-17(30)11-6-12(20(23,24)25)8-13(7-11)21(26,27)28/h2-9H,1H3,(H,29,30). The average molecular weight is 491 g/mol. The van der Waals surface area contributed by atoms with Gasteiger partial charge in [-0.25, -0.2) is 9.18 Å². The van der Waals surface area contributed by atoms with Gasteiger partial charge in [0, 0.05) is 16.5 Å². The molecule has 4 nitrogen and oxygen atoms in total. The molecule has 174 valence electrons. The molecular weight excluding hydrogens is 479 g/mol. The highest BCUT2D eigenvalue weighted by Gasteiger charge is 2.37. The third-order valence-corrected chi connectivity index (χ3v) is 5.31. The summed E-state index contributed by atoms with van der Waals surface area (Å²) >= 11 is 0.790. The molecule has 0 saturated heterocycles. The summed E-state index contributed by atoms with van der Waals surface area (Å²) in [5.41, 5.74) is -3.83. The highest BCUT2D eigenvalue weighted by atomic mass is 32.1. The molecule has 3 aromatic rings. The summed E-state index contributed by atoms with van der Waals surface area (Å²) in [5, 5.41) is 3.41. The molecule has 0 bridgehead atoms. The normalized spacial score (nSPS) is 11.9. The van der Waals surface area contributed by atoms with Gasteiger partial charge in [-0.05, 0) is 35.9 Å². The van der Waals surface area contributed by atoms with Crippen LogP contribution in [0.3, 0.4) is 0 Å². The van der Waals surface area contributed by atoms with Crippen molar-refractivity contribution in [2.75, 3.05) is 12.4 Å². The fourth-order valence-electron chi connectivity index (χ4n) is 2.86. The maximum atomic E-state index is 13.2. The minimum Gasteiger partial charge on any atom is -0.465 e. The van der Waals surface area contributed by atoms with E-state index in [1.54, 1.807) is 0 Å². The number of nitrogens with one attached hydrogen (secondary N) is 1. The summed E-state index contributed by atoms with van der Waals surface area (Å²) in [6, 6.07) is 5.37. The molecule has 3 rings (SSSR count). The van der Waals surface area contributed by atoms with Crippen LogP contribution in [0.4, 0.5) is 35.7 Å². The van der Waals surface area contributed by atoms with Gasteiger partial charge in [0.05, 0.1) is 18.2 Å². The molecule has 0 aliphatic rings. The Morgan fingerprint density at radius 3 is 1.94 bits per heavy atom. The van der Waals surface area contributed by atoms with Crippen LogP contribution in [0.5, 0.6) is 0 Å². The minimum atomic E-state index is -5.13. The number of halogens is 7. The van der Waals surface area contributed by atoms with E-state index in [2.05, 4.69) is 10.1 Å². The van der Waals surface area contributed by atoms with Gasteiger partial charge < -0.3 is 10.1 Å². The van der Waals surface area contributed by atoms with Crippen LogP contribution in [0.15, 0.2) is 47.8 Å². The number of anilines is 1. The zero-order chi connectivity index (χ0) is 24.6. The predicted octanol–water partition coefficient (Wildman–Crippen LogP) is 6.63. The van der Waals surface area contributed by atoms with Crippen LogP contribution in [-0.2, 0) is 17.1 Å². The Balaban J connectivity index is 2.04. The van der Waals surface area contributed by atoms with Crippen molar-refractivity contribution in [1.29, 1.82) is 0 Å². The number of amides is 1. The largest absolute Gasteiger partial charge is 0.465 e. The first-order valence-electron chi connectivity index (χ1n) is 8.88. The van der Waals surface area contributed by atoms with Crippen LogP contribution in [0.1, 0.15) is 31.8 Å². The van der Waals surface area contributed by atoms with Crippen molar-refractivity contribution in [3.05, 3.63) is 75.9 Å². The molecule has 0 atom stereocenters. The number of rotatable bonds is 4. The van der Waals surface area contributed by atoms with Gasteiger partial charge >= 0.3 is 18.3 Å². The van der Waals surface area contributed by atoms with Gasteiger partial charge in [-0.15, -0.1) is 11.3 Å². The summed E-state index contributed by atoms with van der Waals surface area (Å²) in [6.45, 7) is 0. The molecular formula is C21H12F7NO3S. The molecule has 0 aliphatic heterocycles. The molecule has 0 radical (unpaired) electrons. The number of hydrogen-bond acceptors (Lipinski definition) is 4. The zero-order valence-corrected chi connectivity index (χ0v) is 17.2. The third kappa shape index (κ3) is 5.33. The second-order valence-electron chi connectivity index (χ2n) is 6.60. The van der Waals surface area contributed by atoms with Crippen LogP contribution < -0.4 is 5.32 Å². The van der Waals surface area contributed by atoms with Gasteiger partial charge in [0.2, 0.25) is 0 Å². The summed E-state index contributed by atoms with van der Waals surface area (Å²) in [6.07, 6.45) is -10.3. The maximum absolute atomic E-state index is 13.2. The van der Waals surface area contributed by atoms with Gasteiger partial charge in [-0.3, -0.25) is 4.79 Å². The van der Waals surface area contributed by atoms with Crippen molar-refractivity contribution in [3.8, 4) is 11.1 Å². The Labute approximate surface area is 185 Å². The summed E-state index contributed by atoms with van der Waals surface area (Å²) in [7, 11) is 1.04. The second-order valence-corrected chi connectivity index (χ2v) is 7.48. The number of alkyl halides is 6. The smallest absolute Gasteiger partial charge is 0.416 e. The molecule has 0 spiro atoms. The lowest BCUT2D eigenvalue weighted by molar-refractivity contribution is -0.143. The SMILES string of the molecule is COC(=O)c1c(-c2ccc(F)cc2)csc1NC(=O)c1cc(C(F)(F)F)cc(C(F)(F)F)c1. The molecule has 1 N–H and O–H groups in total. The van der Waals surface area contributed by atoms with Gasteiger partial charge in [0.25, 0.3) is 5.91 Å². The monoisotopic (exact) mass is 491 g/mol. The highest BCUT2D eigenvalue weighted by Crippen LogP contribution is 2.38. The Morgan fingerprint density at radius 1 is 0.909 bits per heavy atom. The topological polar surface area (TPSA) is 55.4 Å². The number of benzene rings is 2.